The van der Waals surface area contributed by atoms with Gasteiger partial charge in [0.1, 0.15) is 0 Å². The molecule has 0 radical (unpaired) electrons. The fourth-order valence-electron chi connectivity index (χ4n) is 0.857. The number of hydrogen-bond donors (Lipinski definition) is 0. The summed E-state index contributed by atoms with van der Waals surface area (Å²) in [6, 6.07) is 10.1. The van der Waals surface area contributed by atoms with E-state index in [2.05, 4.69) is 25.6 Å². The van der Waals surface area contributed by atoms with Crippen LogP contribution in [0.5, 0.6) is 0 Å². The molecule has 58 valence electrons. The van der Waals surface area contributed by atoms with Crippen LogP contribution in [0.15, 0.2) is 42.5 Å². The van der Waals surface area contributed by atoms with Crippen molar-refractivity contribution in [3.8, 4) is 0 Å². The van der Waals surface area contributed by atoms with Gasteiger partial charge in [-0.15, -0.1) is 36.2 Å². The predicted molar refractivity (Wildman–Crippen MR) is 49.0 cm³/mol. The first-order chi connectivity index (χ1) is 5.33. The molecule has 0 N–H and O–H groups in total. The molecule has 1 rings (SSSR count). The van der Waals surface area contributed by atoms with Gasteiger partial charge in [0.15, 0.2) is 0 Å². The van der Waals surface area contributed by atoms with E-state index in [1.165, 1.54) is 5.56 Å². The third-order valence-corrected chi connectivity index (χ3v) is 1.49. The quantitative estimate of drug-likeness (QED) is 0.325. The zero-order chi connectivity index (χ0) is 8.10. The molecule has 0 heterocycles. The van der Waals surface area contributed by atoms with Gasteiger partial charge in [-0.25, -0.2) is 0 Å². The molecule has 0 atom stereocenters. The van der Waals surface area contributed by atoms with Crippen LogP contribution in [0.3, 0.4) is 0 Å². The van der Waals surface area contributed by atoms with Crippen molar-refractivity contribution in [2.24, 2.45) is 0 Å². The molecule has 2 heteroatoms. The molecule has 0 saturated carbocycles. The molecule has 0 amide bonds. The summed E-state index contributed by atoms with van der Waals surface area (Å²) >= 11 is 0. The summed E-state index contributed by atoms with van der Waals surface area (Å²) in [7, 11) is 0. The van der Waals surface area contributed by atoms with Crippen LogP contribution in [0.2, 0.25) is 0 Å². The zero-order valence-corrected chi connectivity index (χ0v) is 8.59. The van der Waals surface area contributed by atoms with Gasteiger partial charge in [0, 0.05) is 0 Å². The third-order valence-electron chi connectivity index (χ3n) is 1.49. The summed E-state index contributed by atoms with van der Waals surface area (Å²) in [6.45, 7) is 7.60. The average Bonchev–Trinajstić information content (AvgIpc) is 2.06. The number of allylic oxidation sites excluding steroid dienone is 1. The summed E-state index contributed by atoms with van der Waals surface area (Å²) in [5.74, 6) is 0. The normalized spacial score (nSPS) is 7.77. The molecule has 0 bridgehead atoms. The van der Waals surface area contributed by atoms with E-state index in [1.54, 1.807) is 0 Å². The SMILES string of the molecule is C=C([CH-]c1ccccc1)C[CH2-].[Li+].[Li+]. The average molecular weight is 158 g/mol. The van der Waals surface area contributed by atoms with Crippen molar-refractivity contribution < 1.29 is 37.7 Å². The van der Waals surface area contributed by atoms with Crippen LogP contribution in [0.4, 0.5) is 0 Å². The molecule has 1 aromatic rings. The summed E-state index contributed by atoms with van der Waals surface area (Å²) in [5, 5.41) is 0. The molecule has 0 aliphatic heterocycles. The Hall–Kier alpha value is 0.0248. The Kier molecular flexibility index (Phi) is 10.3. The molecular formula is C11H12Li2. The molecule has 1 aromatic carbocycles. The van der Waals surface area contributed by atoms with Crippen molar-refractivity contribution in [2.75, 3.05) is 0 Å². The van der Waals surface area contributed by atoms with E-state index in [0.717, 1.165) is 12.0 Å². The summed E-state index contributed by atoms with van der Waals surface area (Å²) < 4.78 is 0. The first-order valence-corrected chi connectivity index (χ1v) is 3.70. The molecule has 0 aromatic heterocycles. The Bertz CT molecular complexity index is 229. The zero-order valence-electron chi connectivity index (χ0n) is 8.59. The van der Waals surface area contributed by atoms with Crippen LogP contribution < -0.4 is 37.7 Å². The number of hydrogen-bond acceptors (Lipinski definition) is 0. The maximum Gasteiger partial charge on any atom is 1.00 e. The molecule has 0 spiro atoms. The van der Waals surface area contributed by atoms with Gasteiger partial charge in [-0.2, -0.15) is 18.6 Å². The minimum absolute atomic E-state index is 0. The van der Waals surface area contributed by atoms with Crippen LogP contribution >= 0.6 is 0 Å². The van der Waals surface area contributed by atoms with Crippen LogP contribution in [0, 0.1) is 13.3 Å². The van der Waals surface area contributed by atoms with E-state index in [1.807, 2.05) is 24.6 Å². The molecule has 0 saturated heterocycles. The Morgan fingerprint density at radius 3 is 2.23 bits per heavy atom. The van der Waals surface area contributed by atoms with Crippen LogP contribution in [0.25, 0.3) is 0 Å². The Morgan fingerprint density at radius 1 is 1.23 bits per heavy atom. The number of rotatable bonds is 3. The van der Waals surface area contributed by atoms with E-state index in [-0.39, 0.29) is 37.7 Å². The van der Waals surface area contributed by atoms with Gasteiger partial charge in [-0.05, 0) is 0 Å². The molecule has 0 unspecified atom stereocenters. The minimum atomic E-state index is 0. The Morgan fingerprint density at radius 2 is 1.77 bits per heavy atom. The van der Waals surface area contributed by atoms with Crippen molar-refractivity contribution in [3.05, 3.63) is 61.4 Å². The van der Waals surface area contributed by atoms with Crippen molar-refractivity contribution in [2.45, 2.75) is 6.42 Å². The standard InChI is InChI=1S/C11H12.2Li/c1-3-10(2)9-11-7-5-4-6-8-11;;/h4-9H,1-3H2;;/q-2;2*+1. The van der Waals surface area contributed by atoms with Crippen molar-refractivity contribution in [1.29, 1.82) is 0 Å². The first kappa shape index (κ1) is 15.5. The Balaban J connectivity index is 0. The van der Waals surface area contributed by atoms with E-state index < -0.39 is 0 Å². The minimum Gasteiger partial charge on any atom is -0.341 e. The van der Waals surface area contributed by atoms with E-state index in [0.29, 0.717) is 0 Å². The fraction of sp³-hybridized carbons (Fsp3) is 0.0909. The molecule has 0 nitrogen and oxygen atoms in total. The largest absolute Gasteiger partial charge is 1.00 e. The van der Waals surface area contributed by atoms with E-state index in [4.69, 9.17) is 0 Å². The molecule has 13 heavy (non-hydrogen) atoms. The third kappa shape index (κ3) is 6.14. The van der Waals surface area contributed by atoms with Crippen LogP contribution in [-0.2, 0) is 0 Å². The maximum absolute atomic E-state index is 3.85. The van der Waals surface area contributed by atoms with E-state index >= 15 is 0 Å². The summed E-state index contributed by atoms with van der Waals surface area (Å²) in [4.78, 5) is 0. The van der Waals surface area contributed by atoms with Crippen LogP contribution in [0.1, 0.15) is 12.0 Å². The molecular weight excluding hydrogens is 146 g/mol. The first-order valence-electron chi connectivity index (χ1n) is 3.70. The van der Waals surface area contributed by atoms with Gasteiger partial charge in [0.2, 0.25) is 0 Å². The van der Waals surface area contributed by atoms with Gasteiger partial charge < -0.3 is 6.92 Å². The smallest absolute Gasteiger partial charge is 0.341 e. The molecule has 0 fully saturated rings. The van der Waals surface area contributed by atoms with Gasteiger partial charge in [-0.1, -0.05) is 6.07 Å². The van der Waals surface area contributed by atoms with Crippen LogP contribution in [-0.4, -0.2) is 0 Å². The monoisotopic (exact) mass is 158 g/mol. The fourth-order valence-corrected chi connectivity index (χ4v) is 0.857. The summed E-state index contributed by atoms with van der Waals surface area (Å²) in [6.07, 6.45) is 2.82. The van der Waals surface area contributed by atoms with Crippen molar-refractivity contribution in [3.63, 3.8) is 0 Å². The van der Waals surface area contributed by atoms with Gasteiger partial charge in [0.25, 0.3) is 0 Å². The second-order valence-electron chi connectivity index (χ2n) is 2.46. The second-order valence-corrected chi connectivity index (χ2v) is 2.46. The second kappa shape index (κ2) is 8.62. The van der Waals surface area contributed by atoms with Gasteiger partial charge in [0.05, 0.1) is 0 Å². The predicted octanol–water partition coefficient (Wildman–Crippen LogP) is -2.97. The number of benzene rings is 1. The molecule has 0 aliphatic carbocycles. The van der Waals surface area contributed by atoms with Gasteiger partial charge in [-0.3, -0.25) is 0 Å². The Labute approximate surface area is 105 Å². The van der Waals surface area contributed by atoms with E-state index in [9.17, 15) is 0 Å². The topological polar surface area (TPSA) is 0 Å². The van der Waals surface area contributed by atoms with Gasteiger partial charge >= 0.3 is 37.7 Å². The maximum atomic E-state index is 3.85. The van der Waals surface area contributed by atoms with Crippen molar-refractivity contribution >= 4 is 0 Å². The van der Waals surface area contributed by atoms with Crippen molar-refractivity contribution in [1.82, 2.24) is 0 Å². The summed E-state index contributed by atoms with van der Waals surface area (Å²) in [5.41, 5.74) is 2.26. The molecule has 0 aliphatic rings.